The number of carbonyl (C=O) groups excluding carboxylic acids is 2. The molecule has 0 unspecified atom stereocenters. The Morgan fingerprint density at radius 3 is 2.46 bits per heavy atom. The normalized spacial score (nSPS) is 20.9. The van der Waals surface area contributed by atoms with Crippen LogP contribution in [0.15, 0.2) is 72.8 Å². The summed E-state index contributed by atoms with van der Waals surface area (Å²) < 4.78 is 18.4. The summed E-state index contributed by atoms with van der Waals surface area (Å²) in [4.78, 5) is 28.6. The van der Waals surface area contributed by atoms with Gasteiger partial charge in [0, 0.05) is 24.6 Å². The monoisotopic (exact) mass is 655 g/mol. The molecule has 3 aliphatic rings. The average Bonchev–Trinajstić information content (AvgIpc) is 3.52. The number of hydrogen-bond acceptors (Lipinski definition) is 7. The number of nitrogens with one attached hydrogen (secondary N) is 2. The maximum atomic E-state index is 13.9. The Hall–Kier alpha value is -4.08. The lowest BCUT2D eigenvalue weighted by atomic mass is 9.85. The number of hydrogen-bond donors (Lipinski definition) is 3. The van der Waals surface area contributed by atoms with Crippen LogP contribution < -0.4 is 25.0 Å². The lowest BCUT2D eigenvalue weighted by Gasteiger charge is -2.41. The minimum Gasteiger partial charge on any atom is -0.487 e. The van der Waals surface area contributed by atoms with Gasteiger partial charge in [-0.05, 0) is 88.6 Å². The SMILES string of the molecule is CCc1ccc2c(c1)[C@@H](NC[C@@H](O)[C@H](Cc1ccccc1)NC(=O)[C@@H]1CN(C(=O)OC(C)(C)C)c3ccccc3O1)CC1(CCCC1)O2. The fourth-order valence-electron chi connectivity index (χ4n) is 7.14. The Morgan fingerprint density at radius 2 is 1.73 bits per heavy atom. The van der Waals surface area contributed by atoms with E-state index in [4.69, 9.17) is 14.2 Å². The molecular weight excluding hydrogens is 606 g/mol. The van der Waals surface area contributed by atoms with Gasteiger partial charge in [-0.3, -0.25) is 9.69 Å². The Morgan fingerprint density at radius 1 is 1.00 bits per heavy atom. The van der Waals surface area contributed by atoms with E-state index in [1.807, 2.05) is 36.4 Å². The lowest BCUT2D eigenvalue weighted by Crippen LogP contribution is -2.56. The zero-order valence-electron chi connectivity index (χ0n) is 28.5. The van der Waals surface area contributed by atoms with Crippen molar-refractivity contribution in [1.82, 2.24) is 10.6 Å². The van der Waals surface area contributed by atoms with E-state index in [0.717, 1.165) is 55.4 Å². The molecule has 2 heterocycles. The Labute approximate surface area is 284 Å². The van der Waals surface area contributed by atoms with E-state index < -0.39 is 35.9 Å². The lowest BCUT2D eigenvalue weighted by molar-refractivity contribution is -0.129. The zero-order valence-corrected chi connectivity index (χ0v) is 28.5. The zero-order chi connectivity index (χ0) is 33.9. The minimum atomic E-state index is -0.997. The van der Waals surface area contributed by atoms with Gasteiger partial charge in [-0.15, -0.1) is 0 Å². The number of carbonyl (C=O) groups is 2. The molecule has 0 radical (unpaired) electrons. The first-order valence-electron chi connectivity index (χ1n) is 17.4. The van der Waals surface area contributed by atoms with E-state index in [1.54, 1.807) is 39.0 Å². The first-order chi connectivity index (χ1) is 23.0. The van der Waals surface area contributed by atoms with E-state index in [0.29, 0.717) is 17.9 Å². The molecule has 48 heavy (non-hydrogen) atoms. The van der Waals surface area contributed by atoms with Crippen LogP contribution in [0.4, 0.5) is 10.5 Å². The number of aryl methyl sites for hydroxylation is 1. The Bertz CT molecular complexity index is 1580. The predicted molar refractivity (Wildman–Crippen MR) is 186 cm³/mol. The van der Waals surface area contributed by atoms with Crippen molar-refractivity contribution in [2.24, 2.45) is 0 Å². The van der Waals surface area contributed by atoms with Gasteiger partial charge >= 0.3 is 6.09 Å². The fraction of sp³-hybridized carbons (Fsp3) is 0.487. The molecule has 3 N–H and O–H groups in total. The van der Waals surface area contributed by atoms with Gasteiger partial charge in [-0.25, -0.2) is 4.79 Å². The van der Waals surface area contributed by atoms with Gasteiger partial charge < -0.3 is 30.0 Å². The van der Waals surface area contributed by atoms with Crippen molar-refractivity contribution in [2.75, 3.05) is 18.0 Å². The highest BCUT2D eigenvalue weighted by Crippen LogP contribution is 2.47. The van der Waals surface area contributed by atoms with Gasteiger partial charge in [0.2, 0.25) is 0 Å². The summed E-state index contributed by atoms with van der Waals surface area (Å²) in [5.74, 6) is 0.930. The topological polar surface area (TPSA) is 109 Å². The van der Waals surface area contributed by atoms with Crippen LogP contribution in [-0.2, 0) is 22.4 Å². The third-order valence-electron chi connectivity index (χ3n) is 9.62. The van der Waals surface area contributed by atoms with E-state index in [1.165, 1.54) is 10.5 Å². The number of fused-ring (bicyclic) bond motifs is 2. The molecule has 9 nitrogen and oxygen atoms in total. The van der Waals surface area contributed by atoms with Gasteiger partial charge in [0.1, 0.15) is 22.7 Å². The van der Waals surface area contributed by atoms with E-state index in [9.17, 15) is 14.7 Å². The number of ether oxygens (including phenoxy) is 3. The second kappa shape index (κ2) is 14.2. The van der Waals surface area contributed by atoms with Crippen LogP contribution >= 0.6 is 0 Å². The molecule has 6 rings (SSSR count). The van der Waals surface area contributed by atoms with E-state index in [2.05, 4.69) is 35.8 Å². The van der Waals surface area contributed by atoms with E-state index >= 15 is 0 Å². The molecule has 0 aromatic heterocycles. The molecule has 9 heteroatoms. The van der Waals surface area contributed by atoms with Crippen molar-refractivity contribution >= 4 is 17.7 Å². The molecule has 1 aliphatic carbocycles. The van der Waals surface area contributed by atoms with Crippen molar-refractivity contribution in [3.05, 3.63) is 89.5 Å². The second-order valence-electron chi connectivity index (χ2n) is 14.4. The first kappa shape index (κ1) is 33.8. The second-order valence-corrected chi connectivity index (χ2v) is 14.4. The molecule has 2 amide bonds. The predicted octanol–water partition coefficient (Wildman–Crippen LogP) is 6.27. The smallest absolute Gasteiger partial charge is 0.415 e. The summed E-state index contributed by atoms with van der Waals surface area (Å²) in [5.41, 5.74) is 3.01. The Kier molecular flexibility index (Phi) is 9.99. The van der Waals surface area contributed by atoms with Crippen LogP contribution in [0.3, 0.4) is 0 Å². The molecular formula is C39H49N3O6. The van der Waals surface area contributed by atoms with Gasteiger partial charge in [-0.1, -0.05) is 61.5 Å². The third-order valence-corrected chi connectivity index (χ3v) is 9.62. The van der Waals surface area contributed by atoms with Crippen molar-refractivity contribution < 1.29 is 28.9 Å². The number of nitrogens with zero attached hydrogens (tertiary/aromatic N) is 1. The molecule has 2 aliphatic heterocycles. The molecule has 0 saturated heterocycles. The van der Waals surface area contributed by atoms with Crippen LogP contribution in [0.1, 0.15) is 82.5 Å². The highest BCUT2D eigenvalue weighted by molar-refractivity contribution is 5.93. The fourth-order valence-corrected chi connectivity index (χ4v) is 7.14. The molecule has 1 fully saturated rings. The van der Waals surface area contributed by atoms with Crippen molar-refractivity contribution in [2.45, 2.75) is 108 Å². The van der Waals surface area contributed by atoms with Gasteiger partial charge in [0.15, 0.2) is 6.10 Å². The molecule has 3 aromatic rings. The van der Waals surface area contributed by atoms with E-state index in [-0.39, 0.29) is 24.7 Å². The summed E-state index contributed by atoms with van der Waals surface area (Å²) in [6.07, 6.45) is 4.09. The molecule has 3 aromatic carbocycles. The standard InChI is InChI=1S/C39H49N3O6/c1-5-26-17-18-33-28(21-26)30(23-39(47-33)19-11-12-20-39)40-24-32(43)29(22-27-13-7-6-8-14-27)41-36(44)35-25-42(37(45)48-38(2,3)4)31-15-9-10-16-34(31)46-35/h6-10,13-18,21,29-30,32,35,40,43H,5,11-12,19-20,22-25H2,1-4H3,(H,41,44)/t29-,30-,32+,35-/m0/s1. The maximum absolute atomic E-state index is 13.9. The van der Waals surface area contributed by atoms with Crippen molar-refractivity contribution in [3.63, 3.8) is 0 Å². The number of aliphatic hydroxyl groups excluding tert-OH is 1. The van der Waals surface area contributed by atoms with Gasteiger partial charge in [0.25, 0.3) is 5.91 Å². The summed E-state index contributed by atoms with van der Waals surface area (Å²) in [6, 6.07) is 22.8. The quantitative estimate of drug-likeness (QED) is 0.250. The maximum Gasteiger partial charge on any atom is 0.415 e. The number of rotatable bonds is 9. The number of amides is 2. The Balaban J connectivity index is 1.20. The minimum absolute atomic E-state index is 0.0154. The van der Waals surface area contributed by atoms with Crippen LogP contribution in [-0.4, -0.2) is 59.6 Å². The number of aliphatic hydroxyl groups is 1. The molecule has 256 valence electrons. The molecule has 4 atom stereocenters. The summed E-state index contributed by atoms with van der Waals surface area (Å²) >= 11 is 0. The van der Waals surface area contributed by atoms with Gasteiger partial charge in [0.05, 0.1) is 24.4 Å². The highest BCUT2D eigenvalue weighted by Gasteiger charge is 2.43. The molecule has 0 bridgehead atoms. The third kappa shape index (κ3) is 7.79. The number of para-hydroxylation sites is 2. The first-order valence-corrected chi connectivity index (χ1v) is 17.4. The average molecular weight is 656 g/mol. The van der Waals surface area contributed by atoms with Crippen LogP contribution in [0.5, 0.6) is 11.5 Å². The highest BCUT2D eigenvalue weighted by atomic mass is 16.6. The van der Waals surface area contributed by atoms with Crippen molar-refractivity contribution in [1.29, 1.82) is 0 Å². The summed E-state index contributed by atoms with van der Waals surface area (Å²) in [7, 11) is 0. The summed E-state index contributed by atoms with van der Waals surface area (Å²) in [6.45, 7) is 7.81. The van der Waals surface area contributed by atoms with Crippen molar-refractivity contribution in [3.8, 4) is 11.5 Å². The molecule has 1 spiro atoms. The van der Waals surface area contributed by atoms with Crippen LogP contribution in [0.25, 0.3) is 0 Å². The van der Waals surface area contributed by atoms with Crippen LogP contribution in [0, 0.1) is 0 Å². The number of benzene rings is 3. The van der Waals surface area contributed by atoms with Gasteiger partial charge in [-0.2, -0.15) is 0 Å². The number of anilines is 1. The molecule has 1 saturated carbocycles. The summed E-state index contributed by atoms with van der Waals surface area (Å²) in [5, 5.41) is 18.5. The van der Waals surface area contributed by atoms with Crippen LogP contribution in [0.2, 0.25) is 0 Å². The largest absolute Gasteiger partial charge is 0.487 e.